The second-order valence-corrected chi connectivity index (χ2v) is 8.71. The van der Waals surface area contributed by atoms with Crippen LogP contribution in [0.25, 0.3) is 22.3 Å². The van der Waals surface area contributed by atoms with Crippen LogP contribution in [-0.2, 0) is 0 Å². The van der Waals surface area contributed by atoms with E-state index in [-0.39, 0.29) is 11.9 Å². The summed E-state index contributed by atoms with van der Waals surface area (Å²) in [7, 11) is 0. The molecule has 5 rings (SSSR count). The fourth-order valence-electron chi connectivity index (χ4n) is 4.10. The Kier molecular flexibility index (Phi) is 5.66. The molecule has 1 N–H and O–H groups in total. The largest absolute Gasteiger partial charge is 0.346 e. The lowest BCUT2D eigenvalue weighted by atomic mass is 10.1. The van der Waals surface area contributed by atoms with Crippen LogP contribution in [0.3, 0.4) is 0 Å². The Labute approximate surface area is 188 Å². The van der Waals surface area contributed by atoms with Crippen LogP contribution in [0, 0.1) is 11.3 Å². The maximum absolute atomic E-state index is 12.6. The first-order chi connectivity index (χ1) is 15.7. The number of aromatic nitrogens is 5. The van der Waals surface area contributed by atoms with Crippen LogP contribution < -0.4 is 0 Å². The summed E-state index contributed by atoms with van der Waals surface area (Å²) in [6.07, 6.45) is 7.48. The third kappa shape index (κ3) is 4.00. The topological polar surface area (TPSA) is 107 Å². The molecule has 4 aromatic rings. The summed E-state index contributed by atoms with van der Waals surface area (Å²) in [5.74, 6) is 0.103. The molecule has 1 saturated heterocycles. The van der Waals surface area contributed by atoms with Gasteiger partial charge in [0.25, 0.3) is 5.91 Å². The maximum Gasteiger partial charge on any atom is 0.264 e. The zero-order valence-electron chi connectivity index (χ0n) is 17.4. The molecule has 0 saturated carbocycles. The molecule has 0 radical (unpaired) electrons. The van der Waals surface area contributed by atoms with Crippen molar-refractivity contribution in [2.75, 3.05) is 32.7 Å². The van der Waals surface area contributed by atoms with E-state index in [1.807, 2.05) is 45.6 Å². The third-order valence-electron chi connectivity index (χ3n) is 5.79. The smallest absolute Gasteiger partial charge is 0.264 e. The van der Waals surface area contributed by atoms with E-state index in [2.05, 4.69) is 31.0 Å². The lowest BCUT2D eigenvalue weighted by Crippen LogP contribution is -2.49. The van der Waals surface area contributed by atoms with Crippen molar-refractivity contribution in [2.24, 2.45) is 0 Å². The van der Waals surface area contributed by atoms with Gasteiger partial charge in [0.15, 0.2) is 0 Å². The summed E-state index contributed by atoms with van der Waals surface area (Å²) >= 11 is 1.48. The Morgan fingerprint density at radius 2 is 2.12 bits per heavy atom. The first-order valence-electron chi connectivity index (χ1n) is 10.5. The van der Waals surface area contributed by atoms with Crippen LogP contribution in [-0.4, -0.2) is 73.2 Å². The average molecular weight is 447 g/mol. The molecule has 1 amide bonds. The second kappa shape index (κ2) is 8.90. The number of rotatable bonds is 6. The van der Waals surface area contributed by atoms with Gasteiger partial charge in [-0.05, 0) is 17.5 Å². The normalized spacial score (nSPS) is 15.7. The summed E-state index contributed by atoms with van der Waals surface area (Å²) in [5, 5.41) is 16.8. The van der Waals surface area contributed by atoms with Gasteiger partial charge in [-0.25, -0.2) is 9.97 Å². The molecule has 1 aliphatic heterocycles. The molecule has 1 atom stereocenters. The lowest BCUT2D eigenvalue weighted by Gasteiger charge is -2.36. The van der Waals surface area contributed by atoms with Crippen molar-refractivity contribution in [3.05, 3.63) is 53.4 Å². The van der Waals surface area contributed by atoms with Gasteiger partial charge in [-0.1, -0.05) is 6.07 Å². The SMILES string of the molecule is N#CCC(CN1CCN(C(=O)c2cccs2)CC1)n1cc(-c2ncnc3[nH]ccc23)cn1. The number of hydrogen-bond donors (Lipinski definition) is 1. The standard InChI is InChI=1S/C22H22N8OS/c23-5-3-17(14-28-7-9-29(10-8-28)22(31)19-2-1-11-32-19)30-13-16(12-27-30)20-18-4-6-24-21(18)26-15-25-20/h1-2,4,6,11-13,15,17H,3,7-10,14H2,(H,24,25,26). The molecule has 0 spiro atoms. The molecule has 5 heterocycles. The van der Waals surface area contributed by atoms with Gasteiger partial charge in [-0.15, -0.1) is 11.3 Å². The number of hydrogen-bond acceptors (Lipinski definition) is 7. The predicted octanol–water partition coefficient (Wildman–Crippen LogP) is 2.80. The summed E-state index contributed by atoms with van der Waals surface area (Å²) in [6.45, 7) is 3.64. The molecule has 0 aromatic carbocycles. The Balaban J connectivity index is 1.27. The first-order valence-corrected chi connectivity index (χ1v) is 11.4. The van der Waals surface area contributed by atoms with E-state index in [0.717, 1.165) is 40.3 Å². The Bertz CT molecular complexity index is 1250. The highest BCUT2D eigenvalue weighted by Crippen LogP contribution is 2.26. The number of thiophene rings is 1. The molecule has 0 bridgehead atoms. The number of nitrogens with one attached hydrogen (secondary N) is 1. The van der Waals surface area contributed by atoms with Crippen molar-refractivity contribution in [1.29, 1.82) is 5.26 Å². The third-order valence-corrected chi connectivity index (χ3v) is 6.65. The first kappa shape index (κ1) is 20.4. The minimum absolute atomic E-state index is 0.0724. The van der Waals surface area contributed by atoms with E-state index in [1.165, 1.54) is 17.7 Å². The highest BCUT2D eigenvalue weighted by atomic mass is 32.1. The van der Waals surface area contributed by atoms with Crippen molar-refractivity contribution in [1.82, 2.24) is 34.5 Å². The number of piperazine rings is 1. The number of aromatic amines is 1. The van der Waals surface area contributed by atoms with Gasteiger partial charge in [0.2, 0.25) is 0 Å². The minimum atomic E-state index is -0.0724. The zero-order valence-corrected chi connectivity index (χ0v) is 18.2. The van der Waals surface area contributed by atoms with E-state index in [0.29, 0.717) is 26.1 Å². The van der Waals surface area contributed by atoms with Crippen molar-refractivity contribution in [2.45, 2.75) is 12.5 Å². The highest BCUT2D eigenvalue weighted by Gasteiger charge is 2.25. The van der Waals surface area contributed by atoms with Crippen LogP contribution in [0.2, 0.25) is 0 Å². The summed E-state index contributed by atoms with van der Waals surface area (Å²) in [4.78, 5) is 29.3. The maximum atomic E-state index is 12.6. The molecule has 162 valence electrons. The molecule has 10 heteroatoms. The number of carbonyl (C=O) groups excluding carboxylic acids is 1. The van der Waals surface area contributed by atoms with Crippen LogP contribution in [0.1, 0.15) is 22.1 Å². The van der Waals surface area contributed by atoms with Crippen molar-refractivity contribution >= 4 is 28.3 Å². The van der Waals surface area contributed by atoms with Crippen molar-refractivity contribution in [3.63, 3.8) is 0 Å². The van der Waals surface area contributed by atoms with Gasteiger partial charge >= 0.3 is 0 Å². The lowest BCUT2D eigenvalue weighted by molar-refractivity contribution is 0.0622. The van der Waals surface area contributed by atoms with E-state index < -0.39 is 0 Å². The van der Waals surface area contributed by atoms with Crippen LogP contribution in [0.4, 0.5) is 0 Å². The zero-order chi connectivity index (χ0) is 21.9. The molecular weight excluding hydrogens is 424 g/mol. The van der Waals surface area contributed by atoms with E-state index in [9.17, 15) is 10.1 Å². The van der Waals surface area contributed by atoms with Gasteiger partial charge in [0.05, 0.1) is 35.3 Å². The number of H-pyrrole nitrogens is 1. The molecule has 32 heavy (non-hydrogen) atoms. The number of amides is 1. The van der Waals surface area contributed by atoms with Gasteiger partial charge in [0, 0.05) is 56.1 Å². The average Bonchev–Trinajstić information content (AvgIpc) is 3.60. The van der Waals surface area contributed by atoms with Crippen LogP contribution >= 0.6 is 11.3 Å². The quantitative estimate of drug-likeness (QED) is 0.488. The minimum Gasteiger partial charge on any atom is -0.346 e. The molecule has 1 aliphatic rings. The molecule has 1 fully saturated rings. The number of nitriles is 1. The molecular formula is C22H22N8OS. The van der Waals surface area contributed by atoms with Crippen LogP contribution in [0.15, 0.2) is 48.5 Å². The van der Waals surface area contributed by atoms with Crippen LogP contribution in [0.5, 0.6) is 0 Å². The summed E-state index contributed by atoms with van der Waals surface area (Å²) < 4.78 is 1.86. The fraction of sp³-hybridized carbons (Fsp3) is 0.318. The molecule has 4 aromatic heterocycles. The molecule has 0 aliphatic carbocycles. The Morgan fingerprint density at radius 3 is 2.91 bits per heavy atom. The number of fused-ring (bicyclic) bond motifs is 1. The van der Waals surface area contributed by atoms with Gasteiger partial charge in [0.1, 0.15) is 12.0 Å². The Morgan fingerprint density at radius 1 is 1.25 bits per heavy atom. The van der Waals surface area contributed by atoms with E-state index in [4.69, 9.17) is 0 Å². The van der Waals surface area contributed by atoms with Gasteiger partial charge < -0.3 is 9.88 Å². The molecule has 9 nitrogen and oxygen atoms in total. The Hall–Kier alpha value is -3.55. The number of nitrogens with zero attached hydrogens (tertiary/aromatic N) is 7. The van der Waals surface area contributed by atoms with Crippen molar-refractivity contribution < 1.29 is 4.79 Å². The van der Waals surface area contributed by atoms with E-state index >= 15 is 0 Å². The van der Waals surface area contributed by atoms with E-state index in [1.54, 1.807) is 6.20 Å². The monoisotopic (exact) mass is 446 g/mol. The van der Waals surface area contributed by atoms with Crippen molar-refractivity contribution in [3.8, 4) is 17.3 Å². The number of carbonyl (C=O) groups is 1. The second-order valence-electron chi connectivity index (χ2n) is 7.76. The highest BCUT2D eigenvalue weighted by molar-refractivity contribution is 7.12. The predicted molar refractivity (Wildman–Crippen MR) is 121 cm³/mol. The summed E-state index contributed by atoms with van der Waals surface area (Å²) in [5.41, 5.74) is 2.50. The summed E-state index contributed by atoms with van der Waals surface area (Å²) in [6, 6.07) is 7.95. The van der Waals surface area contributed by atoms with Gasteiger partial charge in [-0.3, -0.25) is 14.4 Å². The fourth-order valence-corrected chi connectivity index (χ4v) is 4.79. The molecule has 1 unspecified atom stereocenters. The van der Waals surface area contributed by atoms with Gasteiger partial charge in [-0.2, -0.15) is 10.4 Å².